The highest BCUT2D eigenvalue weighted by molar-refractivity contribution is 7.87. The first kappa shape index (κ1) is 17.8. The fraction of sp³-hybridized carbons (Fsp3) is 1.00. The van der Waals surface area contributed by atoms with Gasteiger partial charge in [0.25, 0.3) is 10.2 Å². The molecule has 0 saturated heterocycles. The third kappa shape index (κ3) is 6.68. The number of aliphatic hydroxyl groups is 1. The van der Waals surface area contributed by atoms with Crippen molar-refractivity contribution in [1.29, 1.82) is 0 Å². The Hall–Kier alpha value is -0.170. The van der Waals surface area contributed by atoms with Gasteiger partial charge in [0.15, 0.2) is 0 Å². The van der Waals surface area contributed by atoms with Gasteiger partial charge in [-0.2, -0.15) is 12.7 Å². The van der Waals surface area contributed by atoms with Crippen molar-refractivity contribution in [2.75, 3.05) is 26.2 Å². The zero-order valence-electron chi connectivity index (χ0n) is 11.9. The first-order chi connectivity index (χ1) is 8.51. The molecule has 0 aromatic rings. The molecule has 0 rings (SSSR count). The summed E-state index contributed by atoms with van der Waals surface area (Å²) in [6, 6.07) is 0. The Morgan fingerprint density at radius 2 is 1.72 bits per heavy atom. The number of hydrogen-bond acceptors (Lipinski definition) is 3. The summed E-state index contributed by atoms with van der Waals surface area (Å²) in [5.41, 5.74) is 0. The molecule has 0 saturated carbocycles. The lowest BCUT2D eigenvalue weighted by atomic mass is 10.0. The van der Waals surface area contributed by atoms with Crippen LogP contribution in [0.4, 0.5) is 0 Å². The molecule has 0 aromatic carbocycles. The average Bonchev–Trinajstić information content (AvgIpc) is 2.34. The summed E-state index contributed by atoms with van der Waals surface area (Å²) in [6.45, 7) is 7.57. The third-order valence-corrected chi connectivity index (χ3v) is 4.53. The Balaban J connectivity index is 4.41. The summed E-state index contributed by atoms with van der Waals surface area (Å²) in [7, 11) is -3.37. The molecule has 0 aromatic heterocycles. The van der Waals surface area contributed by atoms with Crippen LogP contribution >= 0.6 is 0 Å². The van der Waals surface area contributed by atoms with E-state index in [2.05, 4.69) is 4.72 Å². The summed E-state index contributed by atoms with van der Waals surface area (Å²) >= 11 is 0. The molecule has 0 bridgehead atoms. The van der Waals surface area contributed by atoms with Crippen molar-refractivity contribution in [3.05, 3.63) is 0 Å². The minimum atomic E-state index is -3.37. The molecule has 5 nitrogen and oxygen atoms in total. The molecule has 0 fully saturated rings. The first-order valence-electron chi connectivity index (χ1n) is 6.87. The fourth-order valence-electron chi connectivity index (χ4n) is 1.80. The second kappa shape index (κ2) is 9.72. The lowest BCUT2D eigenvalue weighted by molar-refractivity contribution is 0.254. The zero-order chi connectivity index (χ0) is 14.0. The molecule has 2 N–H and O–H groups in total. The Morgan fingerprint density at radius 3 is 2.11 bits per heavy atom. The van der Waals surface area contributed by atoms with Crippen LogP contribution < -0.4 is 4.72 Å². The number of nitrogens with zero attached hydrogens (tertiary/aromatic N) is 1. The van der Waals surface area contributed by atoms with Gasteiger partial charge in [-0.15, -0.1) is 0 Å². The lowest BCUT2D eigenvalue weighted by Crippen LogP contribution is -2.43. The number of nitrogens with one attached hydrogen (secondary N) is 1. The molecule has 0 amide bonds. The molecule has 110 valence electrons. The maximum absolute atomic E-state index is 12.1. The van der Waals surface area contributed by atoms with Gasteiger partial charge in [0.1, 0.15) is 0 Å². The highest BCUT2D eigenvalue weighted by Crippen LogP contribution is 2.08. The van der Waals surface area contributed by atoms with Crippen LogP contribution in [0.2, 0.25) is 0 Å². The van der Waals surface area contributed by atoms with E-state index in [1.807, 2.05) is 20.8 Å². The predicted octanol–water partition coefficient (Wildman–Crippen LogP) is 1.35. The normalized spacial score (nSPS) is 14.1. The maximum Gasteiger partial charge on any atom is 0.279 e. The number of rotatable bonds is 11. The molecular weight excluding hydrogens is 252 g/mol. The van der Waals surface area contributed by atoms with Crippen molar-refractivity contribution < 1.29 is 13.5 Å². The highest BCUT2D eigenvalue weighted by atomic mass is 32.2. The van der Waals surface area contributed by atoms with Crippen LogP contribution in [0, 0.1) is 5.92 Å². The van der Waals surface area contributed by atoms with Crippen molar-refractivity contribution in [1.82, 2.24) is 9.03 Å². The molecule has 0 aliphatic rings. The van der Waals surface area contributed by atoms with Gasteiger partial charge in [-0.3, -0.25) is 0 Å². The van der Waals surface area contributed by atoms with Crippen molar-refractivity contribution in [2.45, 2.75) is 46.5 Å². The van der Waals surface area contributed by atoms with Crippen LogP contribution in [0.5, 0.6) is 0 Å². The van der Waals surface area contributed by atoms with E-state index in [0.717, 1.165) is 19.3 Å². The summed E-state index contributed by atoms with van der Waals surface area (Å²) in [6.07, 6.45) is 3.13. The second-order valence-electron chi connectivity index (χ2n) is 4.54. The van der Waals surface area contributed by atoms with Gasteiger partial charge in [-0.1, -0.05) is 27.2 Å². The molecule has 0 aliphatic carbocycles. The van der Waals surface area contributed by atoms with Crippen molar-refractivity contribution >= 4 is 10.2 Å². The van der Waals surface area contributed by atoms with E-state index < -0.39 is 10.2 Å². The minimum Gasteiger partial charge on any atom is -0.396 e. The minimum absolute atomic E-state index is 0.105. The van der Waals surface area contributed by atoms with Gasteiger partial charge in [0.05, 0.1) is 0 Å². The van der Waals surface area contributed by atoms with E-state index in [9.17, 15) is 8.42 Å². The van der Waals surface area contributed by atoms with E-state index >= 15 is 0 Å². The molecule has 0 spiro atoms. The number of aliphatic hydroxyl groups excluding tert-OH is 1. The lowest BCUT2D eigenvalue weighted by Gasteiger charge is -2.23. The molecule has 0 aliphatic heterocycles. The fourth-order valence-corrected chi connectivity index (χ4v) is 3.27. The summed E-state index contributed by atoms with van der Waals surface area (Å²) < 4.78 is 28.3. The van der Waals surface area contributed by atoms with Crippen molar-refractivity contribution in [2.24, 2.45) is 5.92 Å². The van der Waals surface area contributed by atoms with Crippen molar-refractivity contribution in [3.63, 3.8) is 0 Å². The van der Waals surface area contributed by atoms with E-state index in [1.54, 1.807) is 0 Å². The SMILES string of the molecule is CCCN(CCC)S(=O)(=O)NCC(CC)CCO. The van der Waals surface area contributed by atoms with E-state index in [1.165, 1.54) is 4.31 Å². The standard InChI is InChI=1S/C12H28N2O3S/c1-4-8-14(9-5-2)18(16,17)13-11-12(6-3)7-10-15/h12-13,15H,4-11H2,1-3H3. The van der Waals surface area contributed by atoms with Crippen molar-refractivity contribution in [3.8, 4) is 0 Å². The van der Waals surface area contributed by atoms with Gasteiger partial charge in [-0.05, 0) is 25.2 Å². The average molecular weight is 280 g/mol. The first-order valence-corrected chi connectivity index (χ1v) is 8.31. The molecule has 0 radical (unpaired) electrons. The van der Waals surface area contributed by atoms with Crippen LogP contribution in [-0.2, 0) is 10.2 Å². The smallest absolute Gasteiger partial charge is 0.279 e. The molecule has 18 heavy (non-hydrogen) atoms. The van der Waals surface area contributed by atoms with Gasteiger partial charge in [0, 0.05) is 26.2 Å². The van der Waals surface area contributed by atoms with E-state index in [-0.39, 0.29) is 12.5 Å². The molecule has 1 atom stereocenters. The Kier molecular flexibility index (Phi) is 9.63. The Labute approximate surface area is 112 Å². The summed E-state index contributed by atoms with van der Waals surface area (Å²) in [5, 5.41) is 8.89. The molecule has 6 heteroatoms. The van der Waals surface area contributed by atoms with Crippen LogP contribution in [0.1, 0.15) is 46.5 Å². The van der Waals surface area contributed by atoms with Gasteiger partial charge in [0.2, 0.25) is 0 Å². The molecular formula is C12H28N2O3S. The Bertz CT molecular complexity index is 288. The quantitative estimate of drug-likeness (QED) is 0.600. The van der Waals surface area contributed by atoms with E-state index in [0.29, 0.717) is 26.1 Å². The van der Waals surface area contributed by atoms with Crippen LogP contribution in [0.3, 0.4) is 0 Å². The zero-order valence-corrected chi connectivity index (χ0v) is 12.7. The molecule has 0 heterocycles. The van der Waals surface area contributed by atoms with Crippen LogP contribution in [-0.4, -0.2) is 44.1 Å². The van der Waals surface area contributed by atoms with Gasteiger partial charge >= 0.3 is 0 Å². The largest absolute Gasteiger partial charge is 0.396 e. The van der Waals surface area contributed by atoms with Gasteiger partial charge in [-0.25, -0.2) is 4.72 Å². The van der Waals surface area contributed by atoms with E-state index in [4.69, 9.17) is 5.11 Å². The predicted molar refractivity (Wildman–Crippen MR) is 74.6 cm³/mol. The maximum atomic E-state index is 12.1. The van der Waals surface area contributed by atoms with Crippen LogP contribution in [0.15, 0.2) is 0 Å². The monoisotopic (exact) mass is 280 g/mol. The van der Waals surface area contributed by atoms with Gasteiger partial charge < -0.3 is 5.11 Å². The topological polar surface area (TPSA) is 69.6 Å². The molecule has 1 unspecified atom stereocenters. The number of hydrogen-bond donors (Lipinski definition) is 2. The second-order valence-corrected chi connectivity index (χ2v) is 6.29. The summed E-state index contributed by atoms with van der Waals surface area (Å²) in [5.74, 6) is 0.204. The summed E-state index contributed by atoms with van der Waals surface area (Å²) in [4.78, 5) is 0. The highest BCUT2D eigenvalue weighted by Gasteiger charge is 2.20. The Morgan fingerprint density at radius 1 is 1.17 bits per heavy atom. The van der Waals surface area contributed by atoms with Crippen LogP contribution in [0.25, 0.3) is 0 Å². The third-order valence-electron chi connectivity index (χ3n) is 2.96.